The van der Waals surface area contributed by atoms with Crippen molar-refractivity contribution < 1.29 is 18.8 Å². The molecule has 1 amide bonds. The molecule has 1 aliphatic rings. The molecule has 0 atom stereocenters. The molecule has 2 aromatic rings. The van der Waals surface area contributed by atoms with E-state index in [-0.39, 0.29) is 11.3 Å². The van der Waals surface area contributed by atoms with Crippen LogP contribution >= 0.6 is 0 Å². The molecule has 3 heterocycles. The van der Waals surface area contributed by atoms with Crippen LogP contribution in [0, 0.1) is 5.41 Å². The smallest absolute Gasteiger partial charge is 0.370 e. The number of rotatable bonds is 3. The van der Waals surface area contributed by atoms with Crippen LogP contribution in [0.25, 0.3) is 5.52 Å². The molecule has 0 unspecified atom stereocenters. The number of carbonyl (C=O) groups is 1. The zero-order valence-corrected chi connectivity index (χ0v) is 14.1. The molecule has 0 aliphatic carbocycles. The molecule has 0 bridgehead atoms. The average molecular weight is 318 g/mol. The fourth-order valence-corrected chi connectivity index (χ4v) is 2.80. The molecule has 1 aliphatic heterocycles. The number of aromatic amines is 1. The standard InChI is InChI=1S/C17H24N4O2/c1-17(2,3)12-18-15(22)14-13-6-4-5-7-21(13)16(19-14)20-8-10-23-11-9-20/h4-7H,8-12H2,1-3H3,(H,18,22)/p+2. The Balaban J connectivity index is 1.92. The first-order valence-corrected chi connectivity index (χ1v) is 8.19. The lowest BCUT2D eigenvalue weighted by Crippen LogP contribution is -3.11. The van der Waals surface area contributed by atoms with Crippen molar-refractivity contribution in [3.8, 4) is 0 Å². The van der Waals surface area contributed by atoms with Crippen LogP contribution in [0.2, 0.25) is 0 Å². The van der Waals surface area contributed by atoms with Gasteiger partial charge in [-0.15, -0.1) is 4.40 Å². The molecule has 6 nitrogen and oxygen atoms in total. The third-order valence-corrected chi connectivity index (χ3v) is 4.04. The van der Waals surface area contributed by atoms with Gasteiger partial charge in [0.05, 0.1) is 13.2 Å². The average Bonchev–Trinajstić information content (AvgIpc) is 2.92. The quantitative estimate of drug-likeness (QED) is 0.702. The summed E-state index contributed by atoms with van der Waals surface area (Å²) in [5.41, 5.74) is 1.60. The van der Waals surface area contributed by atoms with Crippen LogP contribution in [0.4, 0.5) is 5.95 Å². The summed E-state index contributed by atoms with van der Waals surface area (Å²) < 4.78 is 7.52. The molecule has 1 saturated heterocycles. The lowest BCUT2D eigenvalue weighted by Gasteiger charge is -2.18. The molecule has 3 rings (SSSR count). The number of fused-ring (bicyclic) bond motifs is 1. The molecule has 124 valence electrons. The fraction of sp³-hybridized carbons (Fsp3) is 0.529. The summed E-state index contributed by atoms with van der Waals surface area (Å²) in [6, 6.07) is 5.93. The van der Waals surface area contributed by atoms with Crippen LogP contribution < -0.4 is 14.6 Å². The number of carbonyl (C=O) groups excluding carboxylic acids is 1. The van der Waals surface area contributed by atoms with Crippen LogP contribution in [-0.4, -0.2) is 43.7 Å². The summed E-state index contributed by atoms with van der Waals surface area (Å²) in [6.07, 6.45) is 2.00. The van der Waals surface area contributed by atoms with Crippen molar-refractivity contribution in [2.45, 2.75) is 20.8 Å². The maximum atomic E-state index is 12.6. The maximum Gasteiger partial charge on any atom is 0.457 e. The van der Waals surface area contributed by atoms with Crippen molar-refractivity contribution in [2.24, 2.45) is 5.41 Å². The summed E-state index contributed by atoms with van der Waals surface area (Å²) in [5, 5.41) is 3.03. The molecule has 0 aromatic carbocycles. The Morgan fingerprint density at radius 2 is 2.09 bits per heavy atom. The highest BCUT2D eigenvalue weighted by atomic mass is 16.5. The van der Waals surface area contributed by atoms with Gasteiger partial charge in [-0.2, -0.15) is 4.98 Å². The molecule has 3 N–H and O–H groups in total. The summed E-state index contributed by atoms with van der Waals surface area (Å²) in [6.45, 7) is 10.3. The topological polar surface area (TPSA) is 62.7 Å². The highest BCUT2D eigenvalue weighted by Gasteiger charge is 2.32. The molecule has 6 heteroatoms. The zero-order chi connectivity index (χ0) is 16.4. The van der Waals surface area contributed by atoms with Gasteiger partial charge in [0.1, 0.15) is 19.3 Å². The number of quaternary nitrogens is 1. The van der Waals surface area contributed by atoms with Crippen LogP contribution in [0.5, 0.6) is 0 Å². The first kappa shape index (κ1) is 16.0. The van der Waals surface area contributed by atoms with Crippen LogP contribution in [0.3, 0.4) is 0 Å². The predicted molar refractivity (Wildman–Crippen MR) is 86.9 cm³/mol. The number of hydrogen-bond acceptors (Lipinski definition) is 2. The van der Waals surface area contributed by atoms with Gasteiger partial charge >= 0.3 is 5.95 Å². The van der Waals surface area contributed by atoms with Gasteiger partial charge in [0.15, 0.2) is 5.52 Å². The van der Waals surface area contributed by atoms with Crippen LogP contribution in [0.15, 0.2) is 24.4 Å². The number of nitrogens with one attached hydrogen (secondary N) is 3. The Morgan fingerprint density at radius 1 is 1.35 bits per heavy atom. The third-order valence-electron chi connectivity index (χ3n) is 4.04. The van der Waals surface area contributed by atoms with Gasteiger partial charge in [-0.05, 0) is 17.5 Å². The molecular weight excluding hydrogens is 292 g/mol. The highest BCUT2D eigenvalue weighted by Crippen LogP contribution is 2.12. The number of morpholine rings is 1. The lowest BCUT2D eigenvalue weighted by molar-refractivity contribution is -0.889. The first-order valence-electron chi connectivity index (χ1n) is 8.19. The first-order chi connectivity index (χ1) is 11.0. The summed E-state index contributed by atoms with van der Waals surface area (Å²) >= 11 is 0. The Bertz CT molecular complexity index is 696. The summed E-state index contributed by atoms with van der Waals surface area (Å²) in [5.74, 6) is 0.965. The van der Waals surface area contributed by atoms with Gasteiger partial charge in [-0.3, -0.25) is 4.79 Å². The SMILES string of the molecule is CC(C)(C)CNC(=O)c1[nH]c([NH+]2CCOCC2)[n+]2ccccc12. The monoisotopic (exact) mass is 318 g/mol. The van der Waals surface area contributed by atoms with E-state index in [1.807, 2.05) is 24.4 Å². The summed E-state index contributed by atoms with van der Waals surface area (Å²) in [4.78, 5) is 17.3. The fourth-order valence-electron chi connectivity index (χ4n) is 2.80. The number of H-pyrrole nitrogens is 1. The molecule has 2 aromatic heterocycles. The van der Waals surface area contributed by atoms with E-state index in [2.05, 4.69) is 35.5 Å². The molecule has 23 heavy (non-hydrogen) atoms. The van der Waals surface area contributed by atoms with Gasteiger partial charge in [0.2, 0.25) is 5.69 Å². The molecular formula is C17H26N4O2+2. The molecule has 1 fully saturated rings. The van der Waals surface area contributed by atoms with Crippen molar-refractivity contribution in [3.05, 3.63) is 30.1 Å². The molecule has 0 saturated carbocycles. The second kappa shape index (κ2) is 6.29. The number of ether oxygens (including phenoxy) is 1. The van der Waals surface area contributed by atoms with Gasteiger partial charge in [0.25, 0.3) is 5.91 Å². The number of aromatic nitrogens is 2. The van der Waals surface area contributed by atoms with Crippen molar-refractivity contribution in [3.63, 3.8) is 0 Å². The van der Waals surface area contributed by atoms with E-state index < -0.39 is 0 Å². The van der Waals surface area contributed by atoms with Gasteiger partial charge in [-0.1, -0.05) is 26.8 Å². The van der Waals surface area contributed by atoms with E-state index in [4.69, 9.17) is 4.74 Å². The number of nitrogens with zero attached hydrogens (tertiary/aromatic N) is 1. The number of hydrogen-bond donors (Lipinski definition) is 3. The highest BCUT2D eigenvalue weighted by molar-refractivity contribution is 5.98. The van der Waals surface area contributed by atoms with E-state index in [9.17, 15) is 4.79 Å². The van der Waals surface area contributed by atoms with Crippen LogP contribution in [0.1, 0.15) is 31.3 Å². The number of imidazole rings is 1. The van der Waals surface area contributed by atoms with Gasteiger partial charge in [-0.25, -0.2) is 4.90 Å². The zero-order valence-electron chi connectivity index (χ0n) is 14.1. The normalized spacial score (nSPS) is 16.7. The Morgan fingerprint density at radius 3 is 2.78 bits per heavy atom. The summed E-state index contributed by atoms with van der Waals surface area (Å²) in [7, 11) is 0. The van der Waals surface area contributed by atoms with E-state index in [0.717, 1.165) is 37.8 Å². The maximum absolute atomic E-state index is 12.6. The number of amides is 1. The van der Waals surface area contributed by atoms with E-state index >= 15 is 0 Å². The van der Waals surface area contributed by atoms with Crippen molar-refractivity contribution in [2.75, 3.05) is 32.8 Å². The van der Waals surface area contributed by atoms with Crippen LogP contribution in [-0.2, 0) is 4.74 Å². The van der Waals surface area contributed by atoms with E-state index in [1.54, 1.807) is 0 Å². The third kappa shape index (κ3) is 3.54. The Hall–Kier alpha value is -1.92. The Labute approximate surface area is 136 Å². The second-order valence-electron chi connectivity index (χ2n) is 7.26. The Kier molecular flexibility index (Phi) is 4.37. The lowest BCUT2D eigenvalue weighted by atomic mass is 9.97. The molecule has 0 spiro atoms. The van der Waals surface area contributed by atoms with Gasteiger partial charge < -0.3 is 10.1 Å². The predicted octanol–water partition coefficient (Wildman–Crippen LogP) is 0.0759. The minimum Gasteiger partial charge on any atom is -0.370 e. The van der Waals surface area contributed by atoms with E-state index in [1.165, 1.54) is 4.90 Å². The van der Waals surface area contributed by atoms with Crippen molar-refractivity contribution in [1.29, 1.82) is 0 Å². The van der Waals surface area contributed by atoms with E-state index in [0.29, 0.717) is 12.2 Å². The van der Waals surface area contributed by atoms with Gasteiger partial charge in [0, 0.05) is 6.54 Å². The molecule has 0 radical (unpaired) electrons. The minimum absolute atomic E-state index is 0.0532. The largest absolute Gasteiger partial charge is 0.457 e. The van der Waals surface area contributed by atoms with Crippen molar-refractivity contribution >= 4 is 17.4 Å². The number of pyridine rings is 1. The minimum atomic E-state index is -0.0532. The second-order valence-corrected chi connectivity index (χ2v) is 7.26. The van der Waals surface area contributed by atoms with Crippen molar-refractivity contribution in [1.82, 2.24) is 10.3 Å².